The minimum atomic E-state index is -1.34. The smallest absolute Gasteiger partial charge is 0.139 e. The lowest BCUT2D eigenvalue weighted by Gasteiger charge is -2.39. The maximum Gasteiger partial charge on any atom is 0.139 e. The van der Waals surface area contributed by atoms with Crippen molar-refractivity contribution in [3.8, 4) is 17.2 Å². The van der Waals surface area contributed by atoms with Crippen molar-refractivity contribution in [3.63, 3.8) is 0 Å². The normalized spacial score (nSPS) is 14.0. The van der Waals surface area contributed by atoms with Crippen molar-refractivity contribution in [3.05, 3.63) is 72.1 Å². The molecular weight excluding hydrogens is 404 g/mol. The van der Waals surface area contributed by atoms with Crippen LogP contribution in [0.25, 0.3) is 11.1 Å². The van der Waals surface area contributed by atoms with Crippen LogP contribution in [-0.2, 0) is 11.0 Å². The third-order valence-corrected chi connectivity index (χ3v) is 6.49. The summed E-state index contributed by atoms with van der Waals surface area (Å²) < 4.78 is 0. The first kappa shape index (κ1) is 22.9. The first-order valence-electron chi connectivity index (χ1n) is 10.1. The van der Waals surface area contributed by atoms with E-state index in [-0.39, 0.29) is 0 Å². The van der Waals surface area contributed by atoms with Crippen LogP contribution < -0.4 is 0 Å². The van der Waals surface area contributed by atoms with Gasteiger partial charge < -0.3 is 5.11 Å². The molecule has 2 heterocycles. The predicted molar refractivity (Wildman–Crippen MR) is 125 cm³/mol. The molecule has 0 radical (unpaired) electrons. The number of nitrogens with zero attached hydrogens (tertiary/aromatic N) is 4. The van der Waals surface area contributed by atoms with E-state index in [1.165, 1.54) is 6.33 Å². The molecule has 1 aromatic carbocycles. The van der Waals surface area contributed by atoms with Crippen LogP contribution in [0.3, 0.4) is 0 Å². The Hall–Kier alpha value is -2.75. The van der Waals surface area contributed by atoms with Crippen LogP contribution in [-0.4, -0.2) is 26.3 Å². The number of rotatable bonds is 5. The minimum Gasteiger partial charge on any atom is -0.378 e. The summed E-state index contributed by atoms with van der Waals surface area (Å²) in [5.41, 5.74) is 1.73. The Labute approximate surface area is 188 Å². The van der Waals surface area contributed by atoms with Gasteiger partial charge in [-0.3, -0.25) is 4.98 Å². The van der Waals surface area contributed by atoms with Gasteiger partial charge in [0.15, 0.2) is 0 Å². The molecule has 0 aliphatic heterocycles. The van der Waals surface area contributed by atoms with Crippen molar-refractivity contribution in [1.82, 2.24) is 15.0 Å². The van der Waals surface area contributed by atoms with Gasteiger partial charge in [0.05, 0.1) is 17.2 Å². The summed E-state index contributed by atoms with van der Waals surface area (Å²) in [7, 11) is 0. The summed E-state index contributed by atoms with van der Waals surface area (Å²) in [5.74, 6) is 0. The number of pyridine rings is 1. The zero-order chi connectivity index (χ0) is 22.9. The Bertz CT molecular complexity index is 1100. The Morgan fingerprint density at radius 1 is 0.935 bits per heavy atom. The van der Waals surface area contributed by atoms with E-state index >= 15 is 0 Å². The highest BCUT2D eigenvalue weighted by molar-refractivity contribution is 7.98. The first-order chi connectivity index (χ1) is 14.5. The minimum absolute atomic E-state index is 0.527. The molecule has 0 amide bonds. The van der Waals surface area contributed by atoms with Gasteiger partial charge in [0.1, 0.15) is 11.9 Å². The number of aliphatic hydroxyl groups is 1. The quantitative estimate of drug-likeness (QED) is 0.548. The first-order valence-corrected chi connectivity index (χ1v) is 11.3. The SMILES string of the molecule is CSc1cc(C(C)(C)C#N)ccc1-c1ccc(C(O)(c2cncnc2)C(C)(C)C)nc1. The van der Waals surface area contributed by atoms with Gasteiger partial charge in [0.25, 0.3) is 0 Å². The van der Waals surface area contributed by atoms with E-state index in [0.717, 1.165) is 21.6 Å². The number of hydrogen-bond donors (Lipinski definition) is 1. The number of thioether (sulfide) groups is 1. The average Bonchev–Trinajstić information content (AvgIpc) is 2.78. The molecule has 0 spiro atoms. The lowest BCUT2D eigenvalue weighted by molar-refractivity contribution is -0.0301. The van der Waals surface area contributed by atoms with E-state index in [2.05, 4.69) is 27.1 Å². The van der Waals surface area contributed by atoms with E-state index in [9.17, 15) is 10.4 Å². The second-order valence-electron chi connectivity index (χ2n) is 9.17. The average molecular weight is 433 g/mol. The van der Waals surface area contributed by atoms with Gasteiger partial charge in [0, 0.05) is 40.0 Å². The van der Waals surface area contributed by atoms with Crippen molar-refractivity contribution in [1.29, 1.82) is 5.26 Å². The van der Waals surface area contributed by atoms with Gasteiger partial charge in [-0.1, -0.05) is 39.0 Å². The molecule has 31 heavy (non-hydrogen) atoms. The van der Waals surface area contributed by atoms with Gasteiger partial charge >= 0.3 is 0 Å². The van der Waals surface area contributed by atoms with Crippen molar-refractivity contribution >= 4 is 11.8 Å². The molecule has 0 aliphatic carbocycles. The van der Waals surface area contributed by atoms with Crippen LogP contribution in [0, 0.1) is 16.7 Å². The van der Waals surface area contributed by atoms with Gasteiger partial charge in [-0.05, 0) is 43.4 Å². The second-order valence-corrected chi connectivity index (χ2v) is 10.0. The largest absolute Gasteiger partial charge is 0.378 e. The zero-order valence-corrected chi connectivity index (χ0v) is 19.7. The van der Waals surface area contributed by atoms with E-state index in [1.54, 1.807) is 30.4 Å². The molecule has 0 saturated heterocycles. The highest BCUT2D eigenvalue weighted by Gasteiger charge is 2.45. The lowest BCUT2D eigenvalue weighted by atomic mass is 9.70. The highest BCUT2D eigenvalue weighted by atomic mass is 32.2. The molecule has 3 aromatic rings. The molecule has 5 nitrogen and oxygen atoms in total. The fourth-order valence-electron chi connectivity index (χ4n) is 3.60. The molecule has 1 atom stereocenters. The summed E-state index contributed by atoms with van der Waals surface area (Å²) in [4.78, 5) is 13.9. The van der Waals surface area contributed by atoms with Crippen LogP contribution in [0.5, 0.6) is 0 Å². The number of aromatic nitrogens is 3. The summed E-state index contributed by atoms with van der Waals surface area (Å²) in [6.07, 6.45) is 8.53. The molecular formula is C25H28N4OS. The molecule has 6 heteroatoms. The summed E-state index contributed by atoms with van der Waals surface area (Å²) >= 11 is 1.64. The molecule has 1 N–H and O–H groups in total. The molecule has 1 unspecified atom stereocenters. The number of hydrogen-bond acceptors (Lipinski definition) is 6. The standard InChI is InChI=1S/C25H28N4OS/c1-23(2,3)25(30,19-13-27-16-28-14-19)22-10-7-17(12-29-22)20-9-8-18(11-21(20)31-6)24(4,5)15-26/h7-14,16,30H,1-6H3. The molecule has 0 fully saturated rings. The summed E-state index contributed by atoms with van der Waals surface area (Å²) in [6, 6.07) is 12.3. The second kappa shape index (κ2) is 8.41. The Morgan fingerprint density at radius 2 is 1.61 bits per heavy atom. The van der Waals surface area contributed by atoms with E-state index in [1.807, 2.05) is 65.1 Å². The van der Waals surface area contributed by atoms with Crippen LogP contribution >= 0.6 is 11.8 Å². The number of nitriles is 1. The molecule has 3 rings (SSSR count). The van der Waals surface area contributed by atoms with Crippen LogP contribution in [0.2, 0.25) is 0 Å². The van der Waals surface area contributed by atoms with Crippen molar-refractivity contribution in [2.24, 2.45) is 5.41 Å². The third-order valence-electron chi connectivity index (χ3n) is 5.71. The fourth-order valence-corrected chi connectivity index (χ4v) is 4.25. The van der Waals surface area contributed by atoms with Gasteiger partial charge in [-0.15, -0.1) is 11.8 Å². The monoisotopic (exact) mass is 432 g/mol. The van der Waals surface area contributed by atoms with Crippen LogP contribution in [0.1, 0.15) is 51.4 Å². The molecule has 0 bridgehead atoms. The third kappa shape index (κ3) is 4.21. The maximum atomic E-state index is 11.7. The van der Waals surface area contributed by atoms with E-state index < -0.39 is 16.4 Å². The predicted octanol–water partition coefficient (Wildman–Crippen LogP) is 5.34. The highest BCUT2D eigenvalue weighted by Crippen LogP contribution is 2.44. The van der Waals surface area contributed by atoms with E-state index in [0.29, 0.717) is 11.3 Å². The van der Waals surface area contributed by atoms with Crippen molar-refractivity contribution in [2.75, 3.05) is 6.26 Å². The van der Waals surface area contributed by atoms with Crippen LogP contribution in [0.15, 0.2) is 60.1 Å². The van der Waals surface area contributed by atoms with Crippen molar-refractivity contribution < 1.29 is 5.11 Å². The molecule has 2 aromatic heterocycles. The molecule has 160 valence electrons. The zero-order valence-electron chi connectivity index (χ0n) is 18.8. The molecule has 0 saturated carbocycles. The fraction of sp³-hybridized carbons (Fsp3) is 0.360. The molecule has 0 aliphatic rings. The van der Waals surface area contributed by atoms with Gasteiger partial charge in [-0.25, -0.2) is 9.97 Å². The Balaban J connectivity index is 2.06. The van der Waals surface area contributed by atoms with Gasteiger partial charge in [0.2, 0.25) is 0 Å². The van der Waals surface area contributed by atoms with Crippen molar-refractivity contribution in [2.45, 2.75) is 50.5 Å². The number of benzene rings is 1. The summed E-state index contributed by atoms with van der Waals surface area (Å²) in [5, 5.41) is 21.2. The topological polar surface area (TPSA) is 82.7 Å². The summed E-state index contributed by atoms with van der Waals surface area (Å²) in [6.45, 7) is 9.75. The maximum absolute atomic E-state index is 11.7. The Morgan fingerprint density at radius 3 is 2.13 bits per heavy atom. The lowest BCUT2D eigenvalue weighted by Crippen LogP contribution is -2.42. The Kier molecular flexibility index (Phi) is 6.22. The van der Waals surface area contributed by atoms with Gasteiger partial charge in [-0.2, -0.15) is 5.26 Å². The van der Waals surface area contributed by atoms with E-state index in [4.69, 9.17) is 0 Å². The van der Waals surface area contributed by atoms with Crippen LogP contribution in [0.4, 0.5) is 0 Å².